The summed E-state index contributed by atoms with van der Waals surface area (Å²) in [6.45, 7) is 0.864. The molecule has 0 unspecified atom stereocenters. The highest BCUT2D eigenvalue weighted by molar-refractivity contribution is 7.10. The average Bonchev–Trinajstić information content (AvgIpc) is 2.56. The van der Waals surface area contributed by atoms with Crippen molar-refractivity contribution in [3.63, 3.8) is 0 Å². The summed E-state index contributed by atoms with van der Waals surface area (Å²) in [5.74, 6) is 1.60. The summed E-state index contributed by atoms with van der Waals surface area (Å²) in [5.41, 5.74) is 5.53. The van der Waals surface area contributed by atoms with Crippen molar-refractivity contribution in [3.05, 3.63) is 22.4 Å². The third-order valence-electron chi connectivity index (χ3n) is 2.13. The van der Waals surface area contributed by atoms with Gasteiger partial charge in [-0.2, -0.15) is 0 Å². The van der Waals surface area contributed by atoms with Crippen LogP contribution < -0.4 is 5.73 Å². The molecule has 1 heterocycles. The van der Waals surface area contributed by atoms with E-state index in [0.717, 1.165) is 18.4 Å². The molecule has 0 aromatic carbocycles. The molecule has 0 radical (unpaired) electrons. The maximum atomic E-state index is 5.53. The fraction of sp³-hybridized carbons (Fsp3) is 0.500. The van der Waals surface area contributed by atoms with Crippen molar-refractivity contribution < 1.29 is 0 Å². The SMILES string of the molecule is NC[C@@H]1C[C@@H]1c1cccs1. The third kappa shape index (κ3) is 0.976. The van der Waals surface area contributed by atoms with E-state index in [1.165, 1.54) is 11.3 Å². The van der Waals surface area contributed by atoms with E-state index in [0.29, 0.717) is 0 Å². The van der Waals surface area contributed by atoms with Gasteiger partial charge in [0.25, 0.3) is 0 Å². The lowest BCUT2D eigenvalue weighted by Gasteiger charge is -1.89. The van der Waals surface area contributed by atoms with E-state index in [9.17, 15) is 0 Å². The van der Waals surface area contributed by atoms with Crippen LogP contribution in [0.3, 0.4) is 0 Å². The summed E-state index contributed by atoms with van der Waals surface area (Å²) in [5, 5.41) is 2.14. The zero-order valence-electron chi connectivity index (χ0n) is 5.79. The molecule has 54 valence electrons. The molecule has 1 saturated carbocycles. The molecule has 0 amide bonds. The maximum absolute atomic E-state index is 5.53. The van der Waals surface area contributed by atoms with Crippen LogP contribution in [0.5, 0.6) is 0 Å². The molecule has 1 aromatic heterocycles. The summed E-state index contributed by atoms with van der Waals surface area (Å²) in [6.07, 6.45) is 1.32. The Hall–Kier alpha value is -0.340. The standard InChI is InChI=1S/C8H11NS/c9-5-6-4-7(6)8-2-1-3-10-8/h1-3,6-7H,4-5,9H2/t6-,7-/m0/s1. The first kappa shape index (κ1) is 6.38. The minimum absolute atomic E-state index is 0.790. The highest BCUT2D eigenvalue weighted by Crippen LogP contribution is 2.48. The van der Waals surface area contributed by atoms with Crippen LogP contribution in [0.4, 0.5) is 0 Å². The predicted molar refractivity (Wildman–Crippen MR) is 44.2 cm³/mol. The van der Waals surface area contributed by atoms with Gasteiger partial charge in [0.15, 0.2) is 0 Å². The van der Waals surface area contributed by atoms with Crippen LogP contribution in [0, 0.1) is 5.92 Å². The molecule has 10 heavy (non-hydrogen) atoms. The first-order valence-corrected chi connectivity index (χ1v) is 4.53. The van der Waals surface area contributed by atoms with E-state index in [-0.39, 0.29) is 0 Å². The highest BCUT2D eigenvalue weighted by Gasteiger charge is 2.37. The topological polar surface area (TPSA) is 26.0 Å². The van der Waals surface area contributed by atoms with E-state index in [1.54, 1.807) is 0 Å². The van der Waals surface area contributed by atoms with E-state index >= 15 is 0 Å². The monoisotopic (exact) mass is 153 g/mol. The Balaban J connectivity index is 2.05. The normalized spacial score (nSPS) is 30.5. The van der Waals surface area contributed by atoms with Crippen LogP contribution in [0.25, 0.3) is 0 Å². The van der Waals surface area contributed by atoms with Crippen LogP contribution in [0.1, 0.15) is 17.2 Å². The van der Waals surface area contributed by atoms with Crippen molar-refractivity contribution in [1.29, 1.82) is 0 Å². The van der Waals surface area contributed by atoms with Crippen LogP contribution in [0.2, 0.25) is 0 Å². The average molecular weight is 153 g/mol. The Morgan fingerprint density at radius 3 is 3.10 bits per heavy atom. The Bertz CT molecular complexity index is 205. The van der Waals surface area contributed by atoms with Gasteiger partial charge in [-0.25, -0.2) is 0 Å². The Morgan fingerprint density at radius 2 is 2.60 bits per heavy atom. The minimum atomic E-state index is 0.790. The molecular formula is C8H11NS. The second-order valence-corrected chi connectivity index (χ2v) is 3.83. The molecule has 1 aliphatic rings. The number of hydrogen-bond acceptors (Lipinski definition) is 2. The molecule has 0 spiro atoms. The summed E-state index contributed by atoms with van der Waals surface area (Å²) in [7, 11) is 0. The molecule has 0 bridgehead atoms. The number of rotatable bonds is 2. The largest absolute Gasteiger partial charge is 0.330 e. The third-order valence-corrected chi connectivity index (χ3v) is 3.14. The summed E-state index contributed by atoms with van der Waals surface area (Å²) in [6, 6.07) is 4.33. The van der Waals surface area contributed by atoms with Gasteiger partial charge in [0.2, 0.25) is 0 Å². The highest BCUT2D eigenvalue weighted by atomic mass is 32.1. The fourth-order valence-corrected chi connectivity index (χ4v) is 2.29. The lowest BCUT2D eigenvalue weighted by atomic mass is 10.3. The Kier molecular flexibility index (Phi) is 1.51. The van der Waals surface area contributed by atoms with Crippen molar-refractivity contribution in [2.75, 3.05) is 6.54 Å². The van der Waals surface area contributed by atoms with Crippen molar-refractivity contribution in [2.24, 2.45) is 11.7 Å². The molecule has 0 aliphatic heterocycles. The molecule has 1 aliphatic carbocycles. The molecule has 1 fully saturated rings. The summed E-state index contributed by atoms with van der Waals surface area (Å²) < 4.78 is 0. The second kappa shape index (κ2) is 2.36. The van der Waals surface area contributed by atoms with Crippen molar-refractivity contribution in [2.45, 2.75) is 12.3 Å². The smallest absolute Gasteiger partial charge is 0.00795 e. The Morgan fingerprint density at radius 1 is 1.70 bits per heavy atom. The molecule has 2 heteroatoms. The zero-order chi connectivity index (χ0) is 6.97. The molecule has 0 saturated heterocycles. The van der Waals surface area contributed by atoms with Gasteiger partial charge in [-0.15, -0.1) is 11.3 Å². The number of nitrogens with two attached hydrogens (primary N) is 1. The molecular weight excluding hydrogens is 142 g/mol. The van der Waals surface area contributed by atoms with Gasteiger partial charge < -0.3 is 5.73 Å². The van der Waals surface area contributed by atoms with Crippen LogP contribution in [-0.2, 0) is 0 Å². The van der Waals surface area contributed by atoms with Crippen LogP contribution in [0.15, 0.2) is 17.5 Å². The first-order valence-electron chi connectivity index (χ1n) is 3.65. The molecule has 2 N–H and O–H groups in total. The van der Waals surface area contributed by atoms with E-state index in [2.05, 4.69) is 17.5 Å². The van der Waals surface area contributed by atoms with Gasteiger partial charge in [-0.3, -0.25) is 0 Å². The van der Waals surface area contributed by atoms with Gasteiger partial charge in [0.05, 0.1) is 0 Å². The lowest BCUT2D eigenvalue weighted by Crippen LogP contribution is -2.01. The van der Waals surface area contributed by atoms with Crippen molar-refractivity contribution in [1.82, 2.24) is 0 Å². The summed E-state index contributed by atoms with van der Waals surface area (Å²) in [4.78, 5) is 1.52. The summed E-state index contributed by atoms with van der Waals surface area (Å²) >= 11 is 1.86. The minimum Gasteiger partial charge on any atom is -0.330 e. The van der Waals surface area contributed by atoms with Gasteiger partial charge in [-0.05, 0) is 36.2 Å². The van der Waals surface area contributed by atoms with Gasteiger partial charge in [-0.1, -0.05) is 6.07 Å². The van der Waals surface area contributed by atoms with E-state index in [4.69, 9.17) is 5.73 Å². The van der Waals surface area contributed by atoms with Gasteiger partial charge in [0.1, 0.15) is 0 Å². The predicted octanol–water partition coefficient (Wildman–Crippen LogP) is 1.81. The fourth-order valence-electron chi connectivity index (χ4n) is 1.36. The molecule has 2 atom stereocenters. The zero-order valence-corrected chi connectivity index (χ0v) is 6.60. The van der Waals surface area contributed by atoms with Crippen LogP contribution >= 0.6 is 11.3 Å². The first-order chi connectivity index (χ1) is 4.92. The molecule has 1 nitrogen and oxygen atoms in total. The second-order valence-electron chi connectivity index (χ2n) is 2.85. The molecule has 1 aromatic rings. The lowest BCUT2D eigenvalue weighted by molar-refractivity contribution is 0.815. The van der Waals surface area contributed by atoms with Crippen molar-refractivity contribution in [3.8, 4) is 0 Å². The Labute approximate surface area is 64.9 Å². The number of thiophene rings is 1. The van der Waals surface area contributed by atoms with E-state index in [1.807, 2.05) is 11.3 Å². The van der Waals surface area contributed by atoms with E-state index < -0.39 is 0 Å². The molecule has 2 rings (SSSR count). The van der Waals surface area contributed by atoms with Gasteiger partial charge in [0, 0.05) is 4.88 Å². The van der Waals surface area contributed by atoms with Crippen LogP contribution in [-0.4, -0.2) is 6.54 Å². The number of hydrogen-bond donors (Lipinski definition) is 1. The van der Waals surface area contributed by atoms with Crippen molar-refractivity contribution >= 4 is 11.3 Å². The maximum Gasteiger partial charge on any atom is 0.00795 e. The quantitative estimate of drug-likeness (QED) is 0.689. The van der Waals surface area contributed by atoms with Gasteiger partial charge >= 0.3 is 0 Å².